The molecule has 2 unspecified atom stereocenters. The number of carboxylic acids is 1. The SMILES string of the molecule is CCOC(=O)C(N)Cc1ccc(-c2cc(OC(c3ccc(Cl)cc3-n3ccc(C)n3)C(F)(F)F)nc(N)n2)cc1.O=C(O)CNC(=O)c1ccccc1. The third-order valence-corrected chi connectivity index (χ3v) is 7.47. The number of hydrogen-bond donors (Lipinski definition) is 4. The molecule has 6 N–H and O–H groups in total. The molecule has 5 aromatic rings. The standard InChI is InChI=1S/C27H26ClF3N6O3.C9H9NO3/c1-3-39-25(38)20(32)12-16-4-6-17(7-5-16)21-14-23(35-26(33)34-21)40-24(27(29,30)31)19-9-8-18(28)13-22(19)37-11-10-15(2)36-37;11-8(12)6-10-9(13)7-4-2-1-3-5-7/h4-11,13-14,20,24H,3,12,32H2,1-2H3,(H2,33,34,35);1-5H,6H2,(H,10,13)(H,11,12). The van der Waals surface area contributed by atoms with Gasteiger partial charge >= 0.3 is 18.1 Å². The van der Waals surface area contributed by atoms with Crippen molar-refractivity contribution in [3.05, 3.63) is 119 Å². The Morgan fingerprint density at radius 3 is 2.30 bits per heavy atom. The number of amides is 1. The van der Waals surface area contributed by atoms with Gasteiger partial charge in [-0.2, -0.15) is 23.3 Å². The van der Waals surface area contributed by atoms with E-state index in [1.54, 1.807) is 74.5 Å². The number of nitrogens with zero attached hydrogens (tertiary/aromatic N) is 4. The highest BCUT2D eigenvalue weighted by Gasteiger charge is 2.45. The lowest BCUT2D eigenvalue weighted by Gasteiger charge is -2.24. The highest BCUT2D eigenvalue weighted by Crippen LogP contribution is 2.40. The molecule has 278 valence electrons. The summed E-state index contributed by atoms with van der Waals surface area (Å²) in [6.45, 7) is 3.28. The van der Waals surface area contributed by atoms with Crippen LogP contribution < -0.4 is 21.5 Å². The largest absolute Gasteiger partial charge is 0.480 e. The van der Waals surface area contributed by atoms with E-state index in [-0.39, 0.29) is 59.3 Å². The first-order valence-electron chi connectivity index (χ1n) is 15.9. The van der Waals surface area contributed by atoms with Crippen LogP contribution >= 0.6 is 11.6 Å². The number of aryl methyl sites for hydroxylation is 1. The summed E-state index contributed by atoms with van der Waals surface area (Å²) in [6.07, 6.45) is -5.48. The summed E-state index contributed by atoms with van der Waals surface area (Å²) in [7, 11) is 0. The van der Waals surface area contributed by atoms with Gasteiger partial charge in [-0.15, -0.1) is 0 Å². The molecule has 0 aliphatic carbocycles. The molecular weight excluding hydrogens is 719 g/mol. The van der Waals surface area contributed by atoms with Gasteiger partial charge in [0.05, 0.1) is 23.7 Å². The van der Waals surface area contributed by atoms with Crippen LogP contribution in [-0.4, -0.2) is 68.1 Å². The first-order chi connectivity index (χ1) is 25.1. The Morgan fingerprint density at radius 2 is 1.70 bits per heavy atom. The second-order valence-corrected chi connectivity index (χ2v) is 11.7. The Morgan fingerprint density at radius 1 is 1.00 bits per heavy atom. The number of anilines is 1. The number of benzene rings is 3. The number of hydrogen-bond acceptors (Lipinski definition) is 10. The molecule has 2 heterocycles. The number of carbonyl (C=O) groups is 3. The lowest BCUT2D eigenvalue weighted by Crippen LogP contribution is -2.34. The van der Waals surface area contributed by atoms with E-state index in [0.717, 1.165) is 5.56 Å². The molecule has 13 nitrogen and oxygen atoms in total. The molecule has 3 aromatic carbocycles. The number of halogens is 4. The van der Waals surface area contributed by atoms with E-state index in [2.05, 4.69) is 20.4 Å². The number of alkyl halides is 3. The van der Waals surface area contributed by atoms with Crippen molar-refractivity contribution >= 4 is 35.4 Å². The van der Waals surface area contributed by atoms with Gasteiger partial charge < -0.3 is 31.4 Å². The summed E-state index contributed by atoms with van der Waals surface area (Å²) >= 11 is 6.10. The number of esters is 1. The zero-order chi connectivity index (χ0) is 38.7. The maximum atomic E-state index is 14.4. The zero-order valence-electron chi connectivity index (χ0n) is 28.4. The molecule has 1 amide bonds. The van der Waals surface area contributed by atoms with E-state index in [1.165, 1.54) is 35.1 Å². The van der Waals surface area contributed by atoms with Crippen molar-refractivity contribution in [2.75, 3.05) is 18.9 Å². The molecule has 0 saturated heterocycles. The Kier molecular flexibility index (Phi) is 13.5. The summed E-state index contributed by atoms with van der Waals surface area (Å²) < 4.78 is 54.8. The number of nitrogens with two attached hydrogens (primary N) is 2. The summed E-state index contributed by atoms with van der Waals surface area (Å²) in [4.78, 5) is 41.1. The molecule has 0 saturated carbocycles. The molecule has 0 fully saturated rings. The van der Waals surface area contributed by atoms with Gasteiger partial charge in [0.1, 0.15) is 12.6 Å². The lowest BCUT2D eigenvalue weighted by atomic mass is 10.0. The van der Waals surface area contributed by atoms with Crippen molar-refractivity contribution in [1.82, 2.24) is 25.1 Å². The summed E-state index contributed by atoms with van der Waals surface area (Å²) in [5.74, 6) is -2.59. The van der Waals surface area contributed by atoms with Crippen molar-refractivity contribution < 1.29 is 42.1 Å². The quantitative estimate of drug-likeness (QED) is 0.118. The molecule has 0 radical (unpaired) electrons. The van der Waals surface area contributed by atoms with E-state index < -0.39 is 30.3 Å². The number of carbonyl (C=O) groups excluding carboxylic acids is 2. The third-order valence-electron chi connectivity index (χ3n) is 7.23. The molecule has 17 heteroatoms. The molecule has 2 atom stereocenters. The van der Waals surface area contributed by atoms with Gasteiger partial charge in [0, 0.05) is 34.0 Å². The normalized spacial score (nSPS) is 12.1. The number of rotatable bonds is 12. The Labute approximate surface area is 306 Å². The van der Waals surface area contributed by atoms with Gasteiger partial charge in [-0.25, -0.2) is 9.67 Å². The number of ether oxygens (including phenoxy) is 2. The monoisotopic (exact) mass is 753 g/mol. The molecule has 0 spiro atoms. The minimum atomic E-state index is -4.83. The minimum Gasteiger partial charge on any atom is -0.480 e. The van der Waals surface area contributed by atoms with Crippen molar-refractivity contribution in [1.29, 1.82) is 0 Å². The Hall–Kier alpha value is -6.00. The van der Waals surface area contributed by atoms with Gasteiger partial charge in [0.15, 0.2) is 0 Å². The fourth-order valence-corrected chi connectivity index (χ4v) is 4.98. The van der Waals surface area contributed by atoms with Crippen LogP contribution in [0.2, 0.25) is 5.02 Å². The highest BCUT2D eigenvalue weighted by atomic mass is 35.5. The average Bonchev–Trinajstić information content (AvgIpc) is 3.56. The number of nitrogen functional groups attached to an aromatic ring is 1. The van der Waals surface area contributed by atoms with Gasteiger partial charge in [-0.1, -0.05) is 60.1 Å². The van der Waals surface area contributed by atoms with Crippen LogP contribution in [0.15, 0.2) is 91.1 Å². The fourth-order valence-electron chi connectivity index (χ4n) is 4.81. The van der Waals surface area contributed by atoms with Gasteiger partial charge in [0.25, 0.3) is 5.91 Å². The van der Waals surface area contributed by atoms with Crippen molar-refractivity contribution in [2.24, 2.45) is 5.73 Å². The third kappa shape index (κ3) is 11.5. The number of aliphatic carboxylic acids is 1. The predicted octanol–water partition coefficient (Wildman–Crippen LogP) is 5.49. The second kappa shape index (κ2) is 18.0. The fraction of sp³-hybridized carbons (Fsp3) is 0.222. The molecule has 2 aromatic heterocycles. The molecule has 5 rings (SSSR count). The summed E-state index contributed by atoms with van der Waals surface area (Å²) in [5, 5.41) is 15.0. The molecule has 0 aliphatic rings. The van der Waals surface area contributed by atoms with Crippen LogP contribution in [0.1, 0.15) is 40.2 Å². The van der Waals surface area contributed by atoms with Crippen molar-refractivity contribution in [3.63, 3.8) is 0 Å². The first kappa shape index (κ1) is 39.8. The van der Waals surface area contributed by atoms with Crippen LogP contribution in [0.3, 0.4) is 0 Å². The van der Waals surface area contributed by atoms with Crippen molar-refractivity contribution in [3.8, 4) is 22.8 Å². The number of carboxylic acid groups (broad SMARTS) is 1. The highest BCUT2D eigenvalue weighted by molar-refractivity contribution is 6.30. The van der Waals surface area contributed by atoms with Crippen molar-refractivity contribution in [2.45, 2.75) is 38.6 Å². The number of aromatic nitrogens is 4. The van der Waals surface area contributed by atoms with Gasteiger partial charge in [0.2, 0.25) is 17.9 Å². The molecule has 53 heavy (non-hydrogen) atoms. The number of nitrogens with one attached hydrogen (secondary N) is 1. The van der Waals surface area contributed by atoms with Gasteiger partial charge in [-0.05, 0) is 56.2 Å². The smallest absolute Gasteiger partial charge is 0.429 e. The van der Waals surface area contributed by atoms with Crippen LogP contribution in [0.25, 0.3) is 16.9 Å². The van der Waals surface area contributed by atoms with E-state index in [0.29, 0.717) is 16.8 Å². The maximum Gasteiger partial charge on any atom is 0.429 e. The molecule has 0 aliphatic heterocycles. The van der Waals surface area contributed by atoms with Crippen LogP contribution in [-0.2, 0) is 20.7 Å². The summed E-state index contributed by atoms with van der Waals surface area (Å²) in [5.41, 5.74) is 14.2. The topological polar surface area (TPSA) is 198 Å². The van der Waals surface area contributed by atoms with Gasteiger partial charge in [-0.3, -0.25) is 14.4 Å². The van der Waals surface area contributed by atoms with E-state index >= 15 is 0 Å². The van der Waals surface area contributed by atoms with E-state index in [4.69, 9.17) is 37.6 Å². The molecule has 0 bridgehead atoms. The van der Waals surface area contributed by atoms with E-state index in [9.17, 15) is 27.6 Å². The molecular formula is C36H35ClF3N7O6. The summed E-state index contributed by atoms with van der Waals surface area (Å²) in [6, 6.07) is 21.3. The second-order valence-electron chi connectivity index (χ2n) is 11.3. The van der Waals surface area contributed by atoms with Crippen LogP contribution in [0, 0.1) is 6.92 Å². The van der Waals surface area contributed by atoms with Crippen LogP contribution in [0.5, 0.6) is 5.88 Å². The minimum absolute atomic E-state index is 0.0989. The Bertz CT molecular complexity index is 2030. The van der Waals surface area contributed by atoms with Crippen LogP contribution in [0.4, 0.5) is 19.1 Å². The van der Waals surface area contributed by atoms with E-state index in [1.807, 2.05) is 0 Å². The first-order valence-corrected chi connectivity index (χ1v) is 16.3. The zero-order valence-corrected chi connectivity index (χ0v) is 29.1. The maximum absolute atomic E-state index is 14.4. The average molecular weight is 754 g/mol. The Balaban J connectivity index is 0.000000407. The lowest BCUT2D eigenvalue weighted by molar-refractivity contribution is -0.198. The predicted molar refractivity (Wildman–Crippen MR) is 189 cm³/mol.